The number of nitrogens with zero attached hydrogens (tertiary/aromatic N) is 2. The molecule has 0 aliphatic carbocycles. The molecule has 0 fully saturated rings. The van der Waals surface area contributed by atoms with Crippen LogP contribution in [0.3, 0.4) is 0 Å². The molecule has 4 heterocycles. The van der Waals surface area contributed by atoms with Crippen molar-refractivity contribution in [2.24, 2.45) is 0 Å². The van der Waals surface area contributed by atoms with Gasteiger partial charge in [0.25, 0.3) is 0 Å². The van der Waals surface area contributed by atoms with Gasteiger partial charge < -0.3 is 14.2 Å². The lowest BCUT2D eigenvalue weighted by Gasteiger charge is -2.45. The molecule has 0 saturated carbocycles. The zero-order chi connectivity index (χ0) is 34.9. The first-order chi connectivity index (χ1) is 26.3. The summed E-state index contributed by atoms with van der Waals surface area (Å²) in [5.74, 6) is 5.47. The summed E-state index contributed by atoms with van der Waals surface area (Å²) in [6.07, 6.45) is 1.80. The molecule has 3 aliphatic heterocycles. The van der Waals surface area contributed by atoms with E-state index in [1.54, 1.807) is 6.20 Å². The molecule has 1 unspecified atom stereocenters. The summed E-state index contributed by atoms with van der Waals surface area (Å²) in [4.78, 5) is 6.90. The minimum atomic E-state index is -0.691. The summed E-state index contributed by atoms with van der Waals surface area (Å²) in [7, 11) is 0. The number of rotatable bonds is 3. The second-order valence-electron chi connectivity index (χ2n) is 13.5. The molecule has 0 N–H and O–H groups in total. The number of hydrogen-bond donors (Lipinski definition) is 0. The SMILES string of the molecule is c1ccc(-c2ccc3c(c2)Oc2ccccc2C32c3ccccc3Oc3cc(-c4cccc5c4Oc4cccnc4N5c4ccccc4)ccc32)cc1. The first-order valence-electron chi connectivity index (χ1n) is 17.8. The third-order valence-corrected chi connectivity index (χ3v) is 10.6. The van der Waals surface area contributed by atoms with Gasteiger partial charge in [0.2, 0.25) is 0 Å². The second kappa shape index (κ2) is 11.5. The quantitative estimate of drug-likeness (QED) is 0.186. The predicted octanol–water partition coefficient (Wildman–Crippen LogP) is 12.6. The zero-order valence-corrected chi connectivity index (χ0v) is 28.4. The van der Waals surface area contributed by atoms with Gasteiger partial charge in [-0.1, -0.05) is 121 Å². The van der Waals surface area contributed by atoms with Gasteiger partial charge in [0.05, 0.1) is 11.1 Å². The van der Waals surface area contributed by atoms with E-state index >= 15 is 0 Å². The maximum Gasteiger partial charge on any atom is 0.181 e. The number of hydrogen-bond acceptors (Lipinski definition) is 5. The molecule has 5 nitrogen and oxygen atoms in total. The summed E-state index contributed by atoms with van der Waals surface area (Å²) in [5.41, 5.74) is 9.69. The van der Waals surface area contributed by atoms with E-state index in [9.17, 15) is 0 Å². The average molecular weight is 683 g/mol. The Kier molecular flexibility index (Phi) is 6.40. The van der Waals surface area contributed by atoms with Crippen molar-refractivity contribution in [1.29, 1.82) is 0 Å². The van der Waals surface area contributed by atoms with Crippen LogP contribution < -0.4 is 19.1 Å². The molecule has 0 amide bonds. The molecule has 1 spiro atoms. The van der Waals surface area contributed by atoms with Crippen molar-refractivity contribution in [2.75, 3.05) is 4.90 Å². The molecule has 1 aromatic heterocycles. The van der Waals surface area contributed by atoms with Gasteiger partial charge in [-0.2, -0.15) is 0 Å². The lowest BCUT2D eigenvalue weighted by atomic mass is 9.62. The largest absolute Gasteiger partial charge is 0.457 e. The summed E-state index contributed by atoms with van der Waals surface area (Å²) in [5, 5.41) is 0. The average Bonchev–Trinajstić information content (AvgIpc) is 3.22. The van der Waals surface area contributed by atoms with Gasteiger partial charge in [-0.3, -0.25) is 4.90 Å². The third kappa shape index (κ3) is 4.34. The zero-order valence-electron chi connectivity index (χ0n) is 28.4. The van der Waals surface area contributed by atoms with Crippen LogP contribution >= 0.6 is 0 Å². The molecule has 3 aliphatic rings. The van der Waals surface area contributed by atoms with Gasteiger partial charge in [-0.05, 0) is 71.3 Å². The fourth-order valence-corrected chi connectivity index (χ4v) is 8.38. The lowest BCUT2D eigenvalue weighted by Crippen LogP contribution is -2.36. The smallest absolute Gasteiger partial charge is 0.181 e. The highest BCUT2D eigenvalue weighted by atomic mass is 16.5. The van der Waals surface area contributed by atoms with E-state index < -0.39 is 5.41 Å². The van der Waals surface area contributed by atoms with Crippen LogP contribution in [0.5, 0.6) is 34.5 Å². The maximum absolute atomic E-state index is 6.88. The minimum Gasteiger partial charge on any atom is -0.457 e. The normalized spacial score (nSPS) is 15.7. The molecule has 250 valence electrons. The van der Waals surface area contributed by atoms with Crippen LogP contribution in [-0.4, -0.2) is 4.98 Å². The lowest BCUT2D eigenvalue weighted by molar-refractivity contribution is 0.399. The van der Waals surface area contributed by atoms with Gasteiger partial charge in [0.1, 0.15) is 23.0 Å². The topological polar surface area (TPSA) is 43.8 Å². The minimum absolute atomic E-state index is 0.691. The molecular formula is C48H30N2O3. The molecule has 53 heavy (non-hydrogen) atoms. The van der Waals surface area contributed by atoms with Gasteiger partial charge in [-0.25, -0.2) is 4.98 Å². The molecular weight excluding hydrogens is 653 g/mol. The van der Waals surface area contributed by atoms with Crippen molar-refractivity contribution < 1.29 is 14.2 Å². The Balaban J connectivity index is 1.13. The molecule has 0 radical (unpaired) electrons. The molecule has 0 bridgehead atoms. The van der Waals surface area contributed by atoms with Crippen molar-refractivity contribution in [3.63, 3.8) is 0 Å². The number of pyridine rings is 1. The highest BCUT2D eigenvalue weighted by Gasteiger charge is 2.50. The first-order valence-corrected chi connectivity index (χ1v) is 17.8. The highest BCUT2D eigenvalue weighted by Crippen LogP contribution is 2.62. The molecule has 8 aromatic rings. The van der Waals surface area contributed by atoms with Gasteiger partial charge >= 0.3 is 0 Å². The second-order valence-corrected chi connectivity index (χ2v) is 13.5. The Morgan fingerprint density at radius 3 is 1.72 bits per heavy atom. The number of anilines is 3. The predicted molar refractivity (Wildman–Crippen MR) is 208 cm³/mol. The highest BCUT2D eigenvalue weighted by molar-refractivity contribution is 5.91. The maximum atomic E-state index is 6.88. The van der Waals surface area contributed by atoms with Crippen LogP contribution in [0.4, 0.5) is 17.2 Å². The van der Waals surface area contributed by atoms with E-state index in [1.165, 1.54) is 0 Å². The van der Waals surface area contributed by atoms with Crippen LogP contribution in [0, 0.1) is 0 Å². The molecule has 7 aromatic carbocycles. The third-order valence-electron chi connectivity index (χ3n) is 10.6. The van der Waals surface area contributed by atoms with Gasteiger partial charge in [0.15, 0.2) is 17.3 Å². The Labute approximate surface area is 306 Å². The number of aromatic nitrogens is 1. The van der Waals surface area contributed by atoms with Crippen LogP contribution in [0.25, 0.3) is 22.3 Å². The fourth-order valence-electron chi connectivity index (χ4n) is 8.38. The van der Waals surface area contributed by atoms with Crippen LogP contribution in [0.15, 0.2) is 182 Å². The Bertz CT molecular complexity index is 2720. The summed E-state index contributed by atoms with van der Waals surface area (Å²) in [6.45, 7) is 0. The number of benzene rings is 7. The van der Waals surface area contributed by atoms with Crippen molar-refractivity contribution >= 4 is 17.2 Å². The van der Waals surface area contributed by atoms with Crippen molar-refractivity contribution in [1.82, 2.24) is 4.98 Å². The van der Waals surface area contributed by atoms with E-state index in [0.29, 0.717) is 5.75 Å². The molecule has 11 rings (SSSR count). The summed E-state index contributed by atoms with van der Waals surface area (Å²) >= 11 is 0. The van der Waals surface area contributed by atoms with E-state index in [1.807, 2.05) is 48.5 Å². The number of fused-ring (bicyclic) bond motifs is 10. The van der Waals surface area contributed by atoms with Crippen molar-refractivity contribution in [3.8, 4) is 56.8 Å². The monoisotopic (exact) mass is 682 g/mol. The van der Waals surface area contributed by atoms with Crippen molar-refractivity contribution in [2.45, 2.75) is 5.41 Å². The standard InChI is InChI=1S/C48H30N2O3/c1-3-13-31(14-4-1)32-24-26-38-44(29-32)51-41-21-9-7-18-36(41)48(38)37-19-8-10-22-42(37)52-45-30-33(25-27-39(45)48)35-17-11-20-40-46(35)53-43-23-12-28-49-47(43)50(40)34-15-5-2-6-16-34/h1-30H. The molecule has 1 atom stereocenters. The van der Waals surface area contributed by atoms with E-state index in [4.69, 9.17) is 19.2 Å². The Morgan fingerprint density at radius 1 is 0.415 bits per heavy atom. The van der Waals surface area contributed by atoms with E-state index in [2.05, 4.69) is 132 Å². The van der Waals surface area contributed by atoms with E-state index in [0.717, 1.165) is 90.4 Å². The number of ether oxygens (including phenoxy) is 3. The van der Waals surface area contributed by atoms with Crippen LogP contribution in [-0.2, 0) is 5.41 Å². The summed E-state index contributed by atoms with van der Waals surface area (Å²) < 4.78 is 20.3. The molecule has 0 saturated heterocycles. The fraction of sp³-hybridized carbons (Fsp3) is 0.0208. The van der Waals surface area contributed by atoms with Crippen LogP contribution in [0.1, 0.15) is 22.3 Å². The Morgan fingerprint density at radius 2 is 1.00 bits per heavy atom. The number of para-hydroxylation sites is 4. The summed E-state index contributed by atoms with van der Waals surface area (Å²) in [6, 6.07) is 60.9. The first kappa shape index (κ1) is 29.6. The molecule has 5 heteroatoms. The van der Waals surface area contributed by atoms with Gasteiger partial charge in [-0.15, -0.1) is 0 Å². The van der Waals surface area contributed by atoms with Gasteiger partial charge in [0, 0.05) is 39.7 Å². The van der Waals surface area contributed by atoms with Crippen LogP contribution in [0.2, 0.25) is 0 Å². The van der Waals surface area contributed by atoms with E-state index in [-0.39, 0.29) is 0 Å². The van der Waals surface area contributed by atoms with Crippen molar-refractivity contribution in [3.05, 3.63) is 204 Å². The Hall–Kier alpha value is -7.11.